The van der Waals surface area contributed by atoms with Gasteiger partial charge in [-0.2, -0.15) is 0 Å². The van der Waals surface area contributed by atoms with Crippen molar-refractivity contribution in [1.82, 2.24) is 5.32 Å². The van der Waals surface area contributed by atoms with Crippen molar-refractivity contribution >= 4 is 21.8 Å². The van der Waals surface area contributed by atoms with Crippen LogP contribution < -0.4 is 5.32 Å². The molecule has 0 spiro atoms. The molecule has 1 aromatic heterocycles. The third-order valence-corrected chi connectivity index (χ3v) is 4.33. The number of amides is 1. The molecule has 0 bridgehead atoms. The zero-order valence-electron chi connectivity index (χ0n) is 10.0. The Labute approximate surface area is 110 Å². The molecule has 0 radical (unpaired) electrons. The first-order valence-corrected chi connectivity index (χ1v) is 7.16. The number of aryl methyl sites for hydroxylation is 1. The van der Waals surface area contributed by atoms with E-state index in [-0.39, 0.29) is 11.9 Å². The average molecular weight is 300 g/mol. The third kappa shape index (κ3) is 3.12. The zero-order chi connectivity index (χ0) is 12.3. The summed E-state index contributed by atoms with van der Waals surface area (Å²) in [6.45, 7) is 2.01. The number of carbonyl (C=O) groups excluding carboxylic acids is 1. The number of furan rings is 1. The monoisotopic (exact) mass is 299 g/mol. The topological polar surface area (TPSA) is 42.2 Å². The van der Waals surface area contributed by atoms with Crippen LogP contribution >= 0.6 is 15.9 Å². The lowest BCUT2D eigenvalue weighted by Gasteiger charge is -2.27. The van der Waals surface area contributed by atoms with E-state index in [2.05, 4.69) is 21.2 Å². The van der Waals surface area contributed by atoms with E-state index < -0.39 is 0 Å². The summed E-state index contributed by atoms with van der Waals surface area (Å²) >= 11 is 3.63. The van der Waals surface area contributed by atoms with Gasteiger partial charge in [0.2, 0.25) is 0 Å². The molecule has 0 aliphatic heterocycles. The highest BCUT2D eigenvalue weighted by Gasteiger charge is 2.25. The highest BCUT2D eigenvalue weighted by Crippen LogP contribution is 2.24. The van der Waals surface area contributed by atoms with Gasteiger partial charge in [-0.3, -0.25) is 4.79 Å². The van der Waals surface area contributed by atoms with E-state index in [1.54, 1.807) is 6.07 Å². The quantitative estimate of drug-likeness (QED) is 0.870. The summed E-state index contributed by atoms with van der Waals surface area (Å²) in [6, 6.07) is 3.84. The molecular weight excluding hydrogens is 282 g/mol. The van der Waals surface area contributed by atoms with E-state index >= 15 is 0 Å². The van der Waals surface area contributed by atoms with Gasteiger partial charge in [-0.25, -0.2) is 0 Å². The Bertz CT molecular complexity index is 389. The van der Waals surface area contributed by atoms with Crippen LogP contribution in [-0.2, 0) is 6.42 Å². The molecular formula is C13H18BrNO2. The summed E-state index contributed by atoms with van der Waals surface area (Å²) in [5.41, 5.74) is 0. The van der Waals surface area contributed by atoms with Crippen molar-refractivity contribution in [3.8, 4) is 0 Å². The molecule has 94 valence electrons. The minimum Gasteiger partial charge on any atom is -0.456 e. The number of hydrogen-bond acceptors (Lipinski definition) is 2. The Morgan fingerprint density at radius 3 is 2.88 bits per heavy atom. The van der Waals surface area contributed by atoms with Crippen LogP contribution in [0, 0.1) is 0 Å². The molecule has 17 heavy (non-hydrogen) atoms. The van der Waals surface area contributed by atoms with E-state index in [0.717, 1.165) is 25.0 Å². The van der Waals surface area contributed by atoms with Crippen LogP contribution in [-0.4, -0.2) is 16.8 Å². The largest absolute Gasteiger partial charge is 0.456 e. The van der Waals surface area contributed by atoms with Gasteiger partial charge in [-0.05, 0) is 25.0 Å². The van der Waals surface area contributed by atoms with E-state index in [0.29, 0.717) is 10.6 Å². The summed E-state index contributed by atoms with van der Waals surface area (Å²) in [7, 11) is 0. The summed E-state index contributed by atoms with van der Waals surface area (Å²) in [5.74, 6) is 1.18. The Hall–Kier alpha value is -0.770. The number of hydrogen-bond donors (Lipinski definition) is 1. The number of alkyl halides is 1. The fraction of sp³-hybridized carbons (Fsp3) is 0.615. The summed E-state index contributed by atoms with van der Waals surface area (Å²) in [6.07, 6.45) is 5.42. The molecule has 1 fully saturated rings. The number of nitrogens with one attached hydrogen (secondary N) is 1. The van der Waals surface area contributed by atoms with E-state index in [1.165, 1.54) is 12.8 Å². The second kappa shape index (κ2) is 5.71. The molecule has 1 aliphatic carbocycles. The van der Waals surface area contributed by atoms with E-state index in [4.69, 9.17) is 4.42 Å². The van der Waals surface area contributed by atoms with Gasteiger partial charge in [-0.15, -0.1) is 0 Å². The lowest BCUT2D eigenvalue weighted by Crippen LogP contribution is -2.42. The SMILES string of the molecule is CCc1ccc(C(=O)NC2CCCCC2Br)o1. The Kier molecular flexibility index (Phi) is 4.26. The number of carbonyl (C=O) groups is 1. The second-order valence-electron chi connectivity index (χ2n) is 4.50. The molecule has 2 rings (SSSR count). The summed E-state index contributed by atoms with van der Waals surface area (Å²) in [4.78, 5) is 12.4. The average Bonchev–Trinajstić information content (AvgIpc) is 2.81. The maximum Gasteiger partial charge on any atom is 0.287 e. The van der Waals surface area contributed by atoms with Gasteiger partial charge in [0.05, 0.1) is 0 Å². The molecule has 1 amide bonds. The van der Waals surface area contributed by atoms with Crippen molar-refractivity contribution in [1.29, 1.82) is 0 Å². The van der Waals surface area contributed by atoms with Crippen LogP contribution in [0.15, 0.2) is 16.5 Å². The van der Waals surface area contributed by atoms with Crippen molar-refractivity contribution in [3.05, 3.63) is 23.7 Å². The molecule has 2 unspecified atom stereocenters. The van der Waals surface area contributed by atoms with Gasteiger partial charge in [0.15, 0.2) is 5.76 Å². The van der Waals surface area contributed by atoms with Gasteiger partial charge < -0.3 is 9.73 Å². The van der Waals surface area contributed by atoms with Crippen LogP contribution in [0.3, 0.4) is 0 Å². The first-order valence-electron chi connectivity index (χ1n) is 6.24. The second-order valence-corrected chi connectivity index (χ2v) is 5.68. The van der Waals surface area contributed by atoms with Crippen LogP contribution in [0.2, 0.25) is 0 Å². The fourth-order valence-corrected chi connectivity index (χ4v) is 2.90. The standard InChI is InChI=1S/C13H18BrNO2/c1-2-9-7-8-12(17-9)13(16)15-11-6-4-3-5-10(11)14/h7-8,10-11H,2-6H2,1H3,(H,15,16). The van der Waals surface area contributed by atoms with E-state index in [9.17, 15) is 4.79 Å². The molecule has 1 heterocycles. The molecule has 1 aliphatic rings. The minimum absolute atomic E-state index is 0.0962. The zero-order valence-corrected chi connectivity index (χ0v) is 11.6. The van der Waals surface area contributed by atoms with Gasteiger partial charge in [0.1, 0.15) is 5.76 Å². The maximum atomic E-state index is 12.0. The smallest absolute Gasteiger partial charge is 0.287 e. The van der Waals surface area contributed by atoms with Crippen molar-refractivity contribution in [3.63, 3.8) is 0 Å². The summed E-state index contributed by atoms with van der Waals surface area (Å²) in [5, 5.41) is 3.04. The van der Waals surface area contributed by atoms with Gasteiger partial charge >= 0.3 is 0 Å². The van der Waals surface area contributed by atoms with Crippen LogP contribution in [0.4, 0.5) is 0 Å². The molecule has 1 aromatic rings. The first-order chi connectivity index (χ1) is 8.20. The fourth-order valence-electron chi connectivity index (χ4n) is 2.18. The van der Waals surface area contributed by atoms with Crippen molar-refractivity contribution in [2.75, 3.05) is 0 Å². The molecule has 1 saturated carbocycles. The van der Waals surface area contributed by atoms with Crippen molar-refractivity contribution in [2.45, 2.75) is 49.9 Å². The molecule has 2 atom stereocenters. The van der Waals surface area contributed by atoms with Gasteiger partial charge in [0, 0.05) is 17.3 Å². The van der Waals surface area contributed by atoms with Crippen molar-refractivity contribution < 1.29 is 9.21 Å². The summed E-state index contributed by atoms with van der Waals surface area (Å²) < 4.78 is 5.44. The molecule has 4 heteroatoms. The maximum absolute atomic E-state index is 12.0. The minimum atomic E-state index is -0.0962. The predicted molar refractivity (Wildman–Crippen MR) is 70.5 cm³/mol. The third-order valence-electron chi connectivity index (χ3n) is 3.23. The molecule has 0 aromatic carbocycles. The Morgan fingerprint density at radius 2 is 2.24 bits per heavy atom. The Morgan fingerprint density at radius 1 is 1.47 bits per heavy atom. The highest BCUT2D eigenvalue weighted by molar-refractivity contribution is 9.09. The van der Waals surface area contributed by atoms with Crippen molar-refractivity contribution in [2.24, 2.45) is 0 Å². The van der Waals surface area contributed by atoms with Gasteiger partial charge in [0.25, 0.3) is 5.91 Å². The predicted octanol–water partition coefficient (Wildman–Crippen LogP) is 3.28. The van der Waals surface area contributed by atoms with Crippen LogP contribution in [0.25, 0.3) is 0 Å². The molecule has 1 N–H and O–H groups in total. The number of rotatable bonds is 3. The highest BCUT2D eigenvalue weighted by atomic mass is 79.9. The van der Waals surface area contributed by atoms with Crippen LogP contribution in [0.5, 0.6) is 0 Å². The van der Waals surface area contributed by atoms with E-state index in [1.807, 2.05) is 13.0 Å². The normalized spacial score (nSPS) is 24.6. The number of halogens is 1. The lowest BCUT2D eigenvalue weighted by molar-refractivity contribution is 0.0900. The van der Waals surface area contributed by atoms with Gasteiger partial charge in [-0.1, -0.05) is 35.7 Å². The molecule has 3 nitrogen and oxygen atoms in total. The molecule has 0 saturated heterocycles. The van der Waals surface area contributed by atoms with Crippen LogP contribution in [0.1, 0.15) is 48.9 Å². The lowest BCUT2D eigenvalue weighted by atomic mass is 9.95. The Balaban J connectivity index is 1.96. The first kappa shape index (κ1) is 12.7.